The van der Waals surface area contributed by atoms with Gasteiger partial charge in [-0.15, -0.1) is 0 Å². The number of hydrogen-bond acceptors (Lipinski definition) is 5. The highest BCUT2D eigenvalue weighted by Gasteiger charge is 2.19. The van der Waals surface area contributed by atoms with Crippen molar-refractivity contribution < 1.29 is 4.79 Å². The van der Waals surface area contributed by atoms with Gasteiger partial charge >= 0.3 is 0 Å². The molecule has 1 amide bonds. The van der Waals surface area contributed by atoms with Crippen LogP contribution in [0.2, 0.25) is 0 Å². The van der Waals surface area contributed by atoms with E-state index in [0.29, 0.717) is 18.2 Å². The van der Waals surface area contributed by atoms with E-state index < -0.39 is 0 Å². The molecule has 1 N–H and O–H groups in total. The molecule has 1 saturated heterocycles. The summed E-state index contributed by atoms with van der Waals surface area (Å²) >= 11 is 0. The number of benzene rings is 1. The average molecular weight is 382 g/mol. The summed E-state index contributed by atoms with van der Waals surface area (Å²) in [4.78, 5) is 26.4. The van der Waals surface area contributed by atoms with Crippen molar-refractivity contribution in [2.45, 2.75) is 33.2 Å². The Morgan fingerprint density at radius 1 is 1.21 bits per heavy atom. The van der Waals surface area contributed by atoms with Gasteiger partial charge in [-0.05, 0) is 46.4 Å². The van der Waals surface area contributed by atoms with Gasteiger partial charge in [0.2, 0.25) is 0 Å². The molecular formula is C22H31N5O. The number of aryl methyl sites for hydroxylation is 2. The number of carbonyl (C=O) groups excluding carboxylic acids is 1. The molecule has 0 radical (unpaired) electrons. The molecule has 0 bridgehead atoms. The number of carbonyl (C=O) groups is 1. The highest BCUT2D eigenvalue weighted by atomic mass is 16.1. The van der Waals surface area contributed by atoms with Crippen LogP contribution in [0, 0.1) is 13.8 Å². The van der Waals surface area contributed by atoms with E-state index in [4.69, 9.17) is 0 Å². The maximum absolute atomic E-state index is 12.6. The lowest BCUT2D eigenvalue weighted by atomic mass is 10.1. The summed E-state index contributed by atoms with van der Waals surface area (Å²) in [5, 5.41) is 3.07. The summed E-state index contributed by atoms with van der Waals surface area (Å²) in [7, 11) is 2.17. The summed E-state index contributed by atoms with van der Waals surface area (Å²) in [6.07, 6.45) is 2.72. The molecular weight excluding hydrogens is 350 g/mol. The number of amides is 1. The van der Waals surface area contributed by atoms with Gasteiger partial charge in [-0.25, -0.2) is 4.98 Å². The fourth-order valence-corrected chi connectivity index (χ4v) is 3.56. The van der Waals surface area contributed by atoms with Crippen molar-refractivity contribution in [3.8, 4) is 11.3 Å². The molecule has 1 aliphatic heterocycles. The molecule has 3 rings (SSSR count). The van der Waals surface area contributed by atoms with Crippen LogP contribution >= 0.6 is 0 Å². The number of hydrogen-bond donors (Lipinski definition) is 1. The van der Waals surface area contributed by atoms with Gasteiger partial charge in [0.1, 0.15) is 0 Å². The first-order valence-electron chi connectivity index (χ1n) is 10.1. The van der Waals surface area contributed by atoms with Crippen molar-refractivity contribution in [3.63, 3.8) is 0 Å². The molecule has 1 unspecified atom stereocenters. The van der Waals surface area contributed by atoms with Crippen LogP contribution in [0.1, 0.15) is 35.1 Å². The SMILES string of the molecule is Cc1cnc(C)c(-c2cccc(C(=O)NCCC(C)N3CCN(C)CC3)c2)n1. The molecule has 2 heterocycles. The summed E-state index contributed by atoms with van der Waals surface area (Å²) in [6.45, 7) is 11.2. The molecule has 1 aromatic carbocycles. The van der Waals surface area contributed by atoms with Gasteiger partial charge in [0.15, 0.2) is 0 Å². The minimum Gasteiger partial charge on any atom is -0.352 e. The fourth-order valence-electron chi connectivity index (χ4n) is 3.56. The van der Waals surface area contributed by atoms with E-state index in [9.17, 15) is 4.79 Å². The van der Waals surface area contributed by atoms with Crippen molar-refractivity contribution in [1.82, 2.24) is 25.1 Å². The van der Waals surface area contributed by atoms with Gasteiger partial charge in [-0.1, -0.05) is 12.1 Å². The maximum atomic E-state index is 12.6. The minimum atomic E-state index is -0.0364. The van der Waals surface area contributed by atoms with Crippen LogP contribution < -0.4 is 5.32 Å². The Hall–Kier alpha value is -2.31. The second-order valence-corrected chi connectivity index (χ2v) is 7.76. The Labute approximate surface area is 168 Å². The lowest BCUT2D eigenvalue weighted by Crippen LogP contribution is -2.48. The maximum Gasteiger partial charge on any atom is 0.251 e. The lowest BCUT2D eigenvalue weighted by molar-refractivity contribution is 0.0935. The quantitative estimate of drug-likeness (QED) is 0.833. The Bertz CT molecular complexity index is 814. The van der Waals surface area contributed by atoms with E-state index in [1.54, 1.807) is 6.20 Å². The van der Waals surface area contributed by atoms with Gasteiger partial charge in [-0.3, -0.25) is 14.7 Å². The predicted molar refractivity (Wildman–Crippen MR) is 112 cm³/mol. The average Bonchev–Trinajstić information content (AvgIpc) is 2.70. The standard InChI is InChI=1S/C22H31N5O/c1-16-15-24-18(3)21(25-16)19-6-5-7-20(14-19)22(28)23-9-8-17(2)27-12-10-26(4)11-13-27/h5-7,14-15,17H,8-13H2,1-4H3,(H,23,28). The summed E-state index contributed by atoms with van der Waals surface area (Å²) in [5.41, 5.74) is 4.15. The van der Waals surface area contributed by atoms with E-state index in [2.05, 4.69) is 39.1 Å². The number of rotatable bonds is 6. The number of likely N-dealkylation sites (N-methyl/N-ethyl adjacent to an activating group) is 1. The van der Waals surface area contributed by atoms with Gasteiger partial charge in [0.05, 0.1) is 17.1 Å². The Kier molecular flexibility index (Phi) is 6.75. The summed E-state index contributed by atoms with van der Waals surface area (Å²) in [6, 6.07) is 8.10. The minimum absolute atomic E-state index is 0.0364. The van der Waals surface area contributed by atoms with Crippen LogP contribution in [0.25, 0.3) is 11.3 Å². The van der Waals surface area contributed by atoms with Crippen molar-refractivity contribution in [2.75, 3.05) is 39.8 Å². The fraction of sp³-hybridized carbons (Fsp3) is 0.500. The summed E-state index contributed by atoms with van der Waals surface area (Å²) in [5.74, 6) is -0.0364. The first-order valence-corrected chi connectivity index (χ1v) is 10.1. The van der Waals surface area contributed by atoms with Crippen molar-refractivity contribution in [2.24, 2.45) is 0 Å². The van der Waals surface area contributed by atoms with E-state index in [0.717, 1.165) is 55.2 Å². The normalized spacial score (nSPS) is 16.7. The topological polar surface area (TPSA) is 61.4 Å². The van der Waals surface area contributed by atoms with Crippen LogP contribution in [0.4, 0.5) is 0 Å². The van der Waals surface area contributed by atoms with Crippen LogP contribution in [-0.2, 0) is 0 Å². The molecule has 6 heteroatoms. The third-order valence-electron chi connectivity index (χ3n) is 5.48. The zero-order valence-corrected chi connectivity index (χ0v) is 17.4. The zero-order chi connectivity index (χ0) is 20.1. The van der Waals surface area contributed by atoms with Gasteiger partial charge in [-0.2, -0.15) is 0 Å². The van der Waals surface area contributed by atoms with E-state index in [1.165, 1.54) is 0 Å². The Morgan fingerprint density at radius 2 is 1.96 bits per heavy atom. The van der Waals surface area contributed by atoms with Crippen molar-refractivity contribution >= 4 is 5.91 Å². The first-order chi connectivity index (χ1) is 13.4. The number of piperazine rings is 1. The zero-order valence-electron chi connectivity index (χ0n) is 17.4. The first kappa shape index (κ1) is 20.4. The van der Waals surface area contributed by atoms with Crippen molar-refractivity contribution in [1.29, 1.82) is 0 Å². The molecule has 150 valence electrons. The lowest BCUT2D eigenvalue weighted by Gasteiger charge is -2.36. The van der Waals surface area contributed by atoms with Crippen LogP contribution in [0.3, 0.4) is 0 Å². The number of aromatic nitrogens is 2. The number of nitrogens with one attached hydrogen (secondary N) is 1. The molecule has 1 fully saturated rings. The van der Waals surface area contributed by atoms with Gasteiger partial charge < -0.3 is 10.2 Å². The monoisotopic (exact) mass is 381 g/mol. The molecule has 28 heavy (non-hydrogen) atoms. The molecule has 0 aliphatic carbocycles. The molecule has 1 atom stereocenters. The second kappa shape index (κ2) is 9.26. The molecule has 6 nitrogen and oxygen atoms in total. The van der Waals surface area contributed by atoms with E-state index >= 15 is 0 Å². The molecule has 2 aromatic rings. The largest absolute Gasteiger partial charge is 0.352 e. The van der Waals surface area contributed by atoms with Crippen LogP contribution in [0.5, 0.6) is 0 Å². The van der Waals surface area contributed by atoms with Gasteiger partial charge in [0.25, 0.3) is 5.91 Å². The third kappa shape index (κ3) is 5.14. The van der Waals surface area contributed by atoms with Gasteiger partial charge in [0, 0.05) is 56.1 Å². The second-order valence-electron chi connectivity index (χ2n) is 7.76. The molecule has 0 spiro atoms. The Balaban J connectivity index is 1.57. The van der Waals surface area contributed by atoms with Crippen LogP contribution in [-0.4, -0.2) is 71.5 Å². The third-order valence-corrected chi connectivity index (χ3v) is 5.48. The Morgan fingerprint density at radius 3 is 2.71 bits per heavy atom. The molecule has 1 aromatic heterocycles. The summed E-state index contributed by atoms with van der Waals surface area (Å²) < 4.78 is 0. The number of nitrogens with zero attached hydrogens (tertiary/aromatic N) is 4. The molecule has 0 saturated carbocycles. The molecule has 1 aliphatic rings. The van der Waals surface area contributed by atoms with E-state index in [-0.39, 0.29) is 5.91 Å². The predicted octanol–water partition coefficient (Wildman–Crippen LogP) is 2.52. The highest BCUT2D eigenvalue weighted by molar-refractivity contribution is 5.95. The van der Waals surface area contributed by atoms with E-state index in [1.807, 2.05) is 38.1 Å². The highest BCUT2D eigenvalue weighted by Crippen LogP contribution is 2.21. The smallest absolute Gasteiger partial charge is 0.251 e. The van der Waals surface area contributed by atoms with Crippen LogP contribution in [0.15, 0.2) is 30.5 Å². The van der Waals surface area contributed by atoms with Crippen molar-refractivity contribution in [3.05, 3.63) is 47.4 Å².